The average Bonchev–Trinajstić information content (AvgIpc) is 3.24. The number of allylic oxidation sites excluding steroid dienone is 22. The lowest BCUT2D eigenvalue weighted by Crippen LogP contribution is -2.30. The van der Waals surface area contributed by atoms with E-state index in [4.69, 9.17) is 14.2 Å². The highest BCUT2D eigenvalue weighted by Crippen LogP contribution is 2.10. The minimum Gasteiger partial charge on any atom is -0.462 e. The Balaban J connectivity index is 4.56. The molecule has 6 heteroatoms. The zero-order chi connectivity index (χ0) is 43.7. The maximum atomic E-state index is 12.7. The number of rotatable bonds is 39. The fourth-order valence-corrected chi connectivity index (χ4v) is 5.50. The maximum Gasteiger partial charge on any atom is 0.306 e. The van der Waals surface area contributed by atoms with Gasteiger partial charge >= 0.3 is 17.9 Å². The molecule has 0 aliphatic rings. The van der Waals surface area contributed by atoms with E-state index >= 15 is 0 Å². The van der Waals surface area contributed by atoms with Gasteiger partial charge < -0.3 is 14.2 Å². The molecule has 0 aromatic carbocycles. The molecule has 0 aliphatic carbocycles. The van der Waals surface area contributed by atoms with Crippen LogP contribution in [-0.4, -0.2) is 37.2 Å². The molecule has 0 aromatic heterocycles. The van der Waals surface area contributed by atoms with Crippen molar-refractivity contribution < 1.29 is 28.6 Å². The van der Waals surface area contributed by atoms with Crippen LogP contribution >= 0.6 is 0 Å². The molecule has 0 aliphatic heterocycles. The van der Waals surface area contributed by atoms with E-state index in [1.54, 1.807) is 0 Å². The molecule has 0 bridgehead atoms. The molecule has 0 amide bonds. The van der Waals surface area contributed by atoms with E-state index in [-0.39, 0.29) is 44.0 Å². The normalized spacial score (nSPS) is 13.3. The van der Waals surface area contributed by atoms with Crippen LogP contribution in [0.4, 0.5) is 0 Å². The van der Waals surface area contributed by atoms with Gasteiger partial charge in [0.15, 0.2) is 6.10 Å². The monoisotopic (exact) mass is 827 g/mol. The van der Waals surface area contributed by atoms with Crippen molar-refractivity contribution in [2.45, 2.75) is 175 Å². The molecule has 0 radical (unpaired) electrons. The van der Waals surface area contributed by atoms with Crippen molar-refractivity contribution in [1.29, 1.82) is 0 Å². The number of carbonyl (C=O) groups excluding carboxylic acids is 3. The zero-order valence-corrected chi connectivity index (χ0v) is 37.9. The van der Waals surface area contributed by atoms with Crippen molar-refractivity contribution >= 4 is 17.9 Å². The molecule has 0 N–H and O–H groups in total. The van der Waals surface area contributed by atoms with E-state index in [1.165, 1.54) is 0 Å². The first-order valence-electron chi connectivity index (χ1n) is 23.2. The highest BCUT2D eigenvalue weighted by Gasteiger charge is 2.19. The van der Waals surface area contributed by atoms with Crippen molar-refractivity contribution in [3.8, 4) is 0 Å². The standard InChI is InChI=1S/C54H82O6/c1-4-7-10-13-16-19-21-23-25-27-29-30-32-35-38-41-44-47-53(56)59-50-51(49-58-52(55)46-43-40-37-34-18-15-12-9-6-3)60-54(57)48-45-42-39-36-33-31-28-26-24-22-20-17-14-11-8-5-2/h7-12,16-20,23-26,29-31,33-35,38,51H,4-6,13-15,21-22,27-28,32,36-37,39-50H2,1-3H3/b10-7-,11-8-,12-9-,19-16-,20-17-,25-23-,26-24-,30-29-,33-31-,34-18-,38-35-. The highest BCUT2D eigenvalue weighted by atomic mass is 16.6. The summed E-state index contributed by atoms with van der Waals surface area (Å²) in [6.45, 7) is 6.13. The van der Waals surface area contributed by atoms with Crippen molar-refractivity contribution in [1.82, 2.24) is 0 Å². The van der Waals surface area contributed by atoms with Gasteiger partial charge in [-0.15, -0.1) is 0 Å². The Kier molecular flexibility index (Phi) is 43.7. The van der Waals surface area contributed by atoms with Crippen molar-refractivity contribution in [3.05, 3.63) is 134 Å². The molecule has 0 heterocycles. The highest BCUT2D eigenvalue weighted by molar-refractivity contribution is 5.71. The SMILES string of the molecule is CC/C=C\C/C=C\C/C=C\C/C=C\C/C=C\CCCC(=O)OCC(COC(=O)CCCC/C=C\C/C=C\CC)OC(=O)CCCCC/C=C\C/C=C\C/C=C\C/C=C\CC. The third-order valence-corrected chi connectivity index (χ3v) is 8.88. The van der Waals surface area contributed by atoms with Gasteiger partial charge in [0.1, 0.15) is 13.2 Å². The van der Waals surface area contributed by atoms with Crippen LogP contribution in [0.15, 0.2) is 134 Å². The second kappa shape index (κ2) is 47.2. The lowest BCUT2D eigenvalue weighted by Gasteiger charge is -2.18. The zero-order valence-electron chi connectivity index (χ0n) is 37.9. The molecule has 0 saturated carbocycles. The topological polar surface area (TPSA) is 78.9 Å². The van der Waals surface area contributed by atoms with Crippen molar-refractivity contribution in [2.24, 2.45) is 0 Å². The summed E-state index contributed by atoms with van der Waals surface area (Å²) in [6, 6.07) is 0. The van der Waals surface area contributed by atoms with E-state index < -0.39 is 6.10 Å². The number of unbranched alkanes of at least 4 members (excludes halogenated alkanes) is 6. The molecule has 0 rings (SSSR count). The summed E-state index contributed by atoms with van der Waals surface area (Å²) in [5.74, 6) is -1.07. The van der Waals surface area contributed by atoms with Gasteiger partial charge in [-0.1, -0.05) is 161 Å². The molecule has 1 atom stereocenters. The Labute approximate surface area is 366 Å². The molecular formula is C54H82O6. The number of hydrogen-bond acceptors (Lipinski definition) is 6. The molecule has 0 aromatic rings. The van der Waals surface area contributed by atoms with Crippen molar-refractivity contribution in [2.75, 3.05) is 13.2 Å². The summed E-state index contributed by atoms with van der Waals surface area (Å²) in [7, 11) is 0. The van der Waals surface area contributed by atoms with Crippen LogP contribution in [0, 0.1) is 0 Å². The van der Waals surface area contributed by atoms with E-state index in [2.05, 4.69) is 154 Å². The van der Waals surface area contributed by atoms with Gasteiger partial charge in [-0.05, 0) is 122 Å². The molecule has 6 nitrogen and oxygen atoms in total. The Morgan fingerprint density at radius 1 is 0.333 bits per heavy atom. The molecule has 0 saturated heterocycles. The Morgan fingerprint density at radius 3 is 1.00 bits per heavy atom. The summed E-state index contributed by atoms with van der Waals surface area (Å²) < 4.78 is 16.6. The van der Waals surface area contributed by atoms with Gasteiger partial charge in [0.2, 0.25) is 0 Å². The van der Waals surface area contributed by atoms with E-state index in [0.29, 0.717) is 25.7 Å². The predicted octanol–water partition coefficient (Wildman–Crippen LogP) is 15.1. The lowest BCUT2D eigenvalue weighted by atomic mass is 10.1. The Morgan fingerprint density at radius 2 is 0.617 bits per heavy atom. The lowest BCUT2D eigenvalue weighted by molar-refractivity contribution is -0.167. The summed E-state index contributed by atoms with van der Waals surface area (Å²) in [4.78, 5) is 37.7. The van der Waals surface area contributed by atoms with Gasteiger partial charge in [0.25, 0.3) is 0 Å². The summed E-state index contributed by atoms with van der Waals surface area (Å²) in [5.41, 5.74) is 0. The van der Waals surface area contributed by atoms with Crippen LogP contribution in [0.1, 0.15) is 168 Å². The second-order valence-corrected chi connectivity index (χ2v) is 14.5. The maximum absolute atomic E-state index is 12.7. The van der Waals surface area contributed by atoms with E-state index in [0.717, 1.165) is 109 Å². The van der Waals surface area contributed by atoms with Gasteiger partial charge in [-0.25, -0.2) is 0 Å². The molecule has 60 heavy (non-hydrogen) atoms. The van der Waals surface area contributed by atoms with Crippen LogP contribution in [0.3, 0.4) is 0 Å². The third-order valence-electron chi connectivity index (χ3n) is 8.88. The average molecular weight is 827 g/mol. The van der Waals surface area contributed by atoms with Crippen LogP contribution in [0.2, 0.25) is 0 Å². The molecule has 334 valence electrons. The number of carbonyl (C=O) groups is 3. The first-order chi connectivity index (χ1) is 29.5. The molecule has 0 fully saturated rings. The molecular weight excluding hydrogens is 745 g/mol. The van der Waals surface area contributed by atoms with Gasteiger partial charge in [0.05, 0.1) is 0 Å². The van der Waals surface area contributed by atoms with Crippen LogP contribution in [0.25, 0.3) is 0 Å². The quantitative estimate of drug-likeness (QED) is 0.0266. The van der Waals surface area contributed by atoms with Crippen LogP contribution in [0.5, 0.6) is 0 Å². The number of esters is 3. The smallest absolute Gasteiger partial charge is 0.306 e. The fraction of sp³-hybridized carbons (Fsp3) is 0.537. The van der Waals surface area contributed by atoms with Crippen molar-refractivity contribution in [3.63, 3.8) is 0 Å². The van der Waals surface area contributed by atoms with Crippen LogP contribution in [-0.2, 0) is 28.6 Å². The Hall–Kier alpha value is -4.45. The third kappa shape index (κ3) is 44.6. The van der Waals surface area contributed by atoms with E-state index in [9.17, 15) is 14.4 Å². The fourth-order valence-electron chi connectivity index (χ4n) is 5.50. The Bertz CT molecular complexity index is 1370. The van der Waals surface area contributed by atoms with Gasteiger partial charge in [-0.3, -0.25) is 14.4 Å². The summed E-state index contributed by atoms with van der Waals surface area (Å²) >= 11 is 0. The number of hydrogen-bond donors (Lipinski definition) is 0. The largest absolute Gasteiger partial charge is 0.462 e. The first-order valence-corrected chi connectivity index (χ1v) is 23.2. The summed E-state index contributed by atoms with van der Waals surface area (Å²) in [5, 5.41) is 0. The predicted molar refractivity (Wildman–Crippen MR) is 256 cm³/mol. The molecule has 1 unspecified atom stereocenters. The summed E-state index contributed by atoms with van der Waals surface area (Å²) in [6.07, 6.45) is 66.0. The number of ether oxygens (including phenoxy) is 3. The minimum atomic E-state index is -0.833. The van der Waals surface area contributed by atoms with Gasteiger partial charge in [0, 0.05) is 19.3 Å². The van der Waals surface area contributed by atoms with Gasteiger partial charge in [-0.2, -0.15) is 0 Å². The van der Waals surface area contributed by atoms with Crippen LogP contribution < -0.4 is 0 Å². The first kappa shape index (κ1) is 55.5. The van der Waals surface area contributed by atoms with E-state index in [1.807, 2.05) is 0 Å². The minimum absolute atomic E-state index is 0.132. The second-order valence-electron chi connectivity index (χ2n) is 14.5. The molecule has 0 spiro atoms.